The van der Waals surface area contributed by atoms with Gasteiger partial charge in [-0.1, -0.05) is 13.8 Å². The van der Waals surface area contributed by atoms with Crippen molar-refractivity contribution in [3.63, 3.8) is 0 Å². The number of rotatable bonds is 4. The number of nitrogens with two attached hydrogens (primary N) is 1. The van der Waals surface area contributed by atoms with E-state index in [1.165, 1.54) is 0 Å². The van der Waals surface area contributed by atoms with Crippen LogP contribution in [0, 0.1) is 10.8 Å². The summed E-state index contributed by atoms with van der Waals surface area (Å²) in [5, 5.41) is 7.62. The van der Waals surface area contributed by atoms with Crippen LogP contribution in [0.5, 0.6) is 0 Å². The van der Waals surface area contributed by atoms with E-state index in [0.29, 0.717) is 12.4 Å². The highest BCUT2D eigenvalue weighted by Crippen LogP contribution is 2.30. The molecule has 0 aliphatic heterocycles. The molecular formula is C11H25N3. The molecule has 0 heterocycles. The molecule has 84 valence electrons. The zero-order valence-electron chi connectivity index (χ0n) is 10.4. The summed E-state index contributed by atoms with van der Waals surface area (Å²) in [4.78, 5) is 2.00. The van der Waals surface area contributed by atoms with Gasteiger partial charge in [0.1, 0.15) is 0 Å². The molecule has 0 spiro atoms. The third-order valence-electron chi connectivity index (χ3n) is 2.87. The number of amidine groups is 1. The average Bonchev–Trinajstić information content (AvgIpc) is 2.01. The second kappa shape index (κ2) is 4.30. The maximum Gasteiger partial charge on any atom is 0.0927 e. The van der Waals surface area contributed by atoms with Gasteiger partial charge in [0.05, 0.1) is 5.84 Å². The van der Waals surface area contributed by atoms with E-state index in [9.17, 15) is 0 Å². The van der Waals surface area contributed by atoms with Crippen molar-refractivity contribution in [3.05, 3.63) is 0 Å². The van der Waals surface area contributed by atoms with Crippen molar-refractivity contribution >= 4 is 5.84 Å². The minimum absolute atomic E-state index is 0.00525. The Kier molecular flexibility index (Phi) is 4.13. The van der Waals surface area contributed by atoms with Crippen molar-refractivity contribution in [2.24, 2.45) is 11.1 Å². The third-order valence-corrected chi connectivity index (χ3v) is 2.87. The first-order chi connectivity index (χ1) is 6.12. The van der Waals surface area contributed by atoms with Crippen LogP contribution in [0.1, 0.15) is 41.0 Å². The van der Waals surface area contributed by atoms with Crippen LogP contribution in [0.25, 0.3) is 0 Å². The van der Waals surface area contributed by atoms with Gasteiger partial charge in [-0.2, -0.15) is 0 Å². The second-order valence-corrected chi connectivity index (χ2v) is 5.50. The summed E-state index contributed by atoms with van der Waals surface area (Å²) in [5.41, 5.74) is 5.84. The van der Waals surface area contributed by atoms with Crippen molar-refractivity contribution in [1.29, 1.82) is 5.41 Å². The molecule has 0 aromatic rings. The first kappa shape index (κ1) is 13.4. The third kappa shape index (κ3) is 3.66. The van der Waals surface area contributed by atoms with Crippen LogP contribution >= 0.6 is 0 Å². The molecule has 0 fully saturated rings. The highest BCUT2D eigenvalue weighted by atomic mass is 15.2. The van der Waals surface area contributed by atoms with Crippen molar-refractivity contribution < 1.29 is 0 Å². The molecule has 0 saturated carbocycles. The number of nitrogens with zero attached hydrogens (tertiary/aromatic N) is 1. The fraction of sp³-hybridized carbons (Fsp3) is 0.909. The van der Waals surface area contributed by atoms with E-state index in [-0.39, 0.29) is 11.0 Å². The van der Waals surface area contributed by atoms with Gasteiger partial charge in [0, 0.05) is 12.6 Å². The Morgan fingerprint density at radius 3 is 2.00 bits per heavy atom. The molecule has 0 aromatic heterocycles. The Bertz CT molecular complexity index is 207. The summed E-state index contributed by atoms with van der Waals surface area (Å²) in [6, 6.07) is 0. The quantitative estimate of drug-likeness (QED) is 0.538. The molecule has 0 bridgehead atoms. The van der Waals surface area contributed by atoms with E-state index in [0.717, 1.165) is 6.42 Å². The zero-order valence-corrected chi connectivity index (χ0v) is 10.4. The highest BCUT2D eigenvalue weighted by Gasteiger charge is 2.31. The van der Waals surface area contributed by atoms with Crippen LogP contribution in [0.15, 0.2) is 0 Å². The summed E-state index contributed by atoms with van der Waals surface area (Å²) in [7, 11) is 1.97. The molecular weight excluding hydrogens is 174 g/mol. The minimum Gasteiger partial charge on any atom is -0.359 e. The van der Waals surface area contributed by atoms with E-state index in [4.69, 9.17) is 11.1 Å². The SMILES string of the molecule is CC(=N)N(C)C(C)(C)CC(C)(C)CN. The standard InChI is InChI=1S/C11H25N3/c1-9(13)14(6)11(4,5)7-10(2,3)8-12/h13H,7-8,12H2,1-6H3. The van der Waals surface area contributed by atoms with Gasteiger partial charge in [-0.05, 0) is 39.2 Å². The van der Waals surface area contributed by atoms with E-state index >= 15 is 0 Å². The molecule has 0 radical (unpaired) electrons. The lowest BCUT2D eigenvalue weighted by Gasteiger charge is -2.41. The number of nitrogens with one attached hydrogen (secondary N) is 1. The molecule has 0 amide bonds. The summed E-state index contributed by atoms with van der Waals surface area (Å²) < 4.78 is 0. The van der Waals surface area contributed by atoms with Crippen LogP contribution < -0.4 is 5.73 Å². The Balaban J connectivity index is 4.56. The molecule has 3 N–H and O–H groups in total. The molecule has 3 nitrogen and oxygen atoms in total. The van der Waals surface area contributed by atoms with Crippen LogP contribution in [0.4, 0.5) is 0 Å². The highest BCUT2D eigenvalue weighted by molar-refractivity contribution is 5.76. The summed E-state index contributed by atoms with van der Waals surface area (Å²) >= 11 is 0. The summed E-state index contributed by atoms with van der Waals surface area (Å²) in [6.07, 6.45) is 0.989. The molecule has 0 aromatic carbocycles. The van der Waals surface area contributed by atoms with E-state index in [1.54, 1.807) is 0 Å². The predicted molar refractivity (Wildman–Crippen MR) is 62.7 cm³/mol. The fourth-order valence-electron chi connectivity index (χ4n) is 1.82. The van der Waals surface area contributed by atoms with Gasteiger partial charge in [0.15, 0.2) is 0 Å². The van der Waals surface area contributed by atoms with Gasteiger partial charge in [-0.15, -0.1) is 0 Å². The molecule has 0 unspecified atom stereocenters. The fourth-order valence-corrected chi connectivity index (χ4v) is 1.82. The summed E-state index contributed by atoms with van der Waals surface area (Å²) in [5.74, 6) is 0.600. The smallest absolute Gasteiger partial charge is 0.0927 e. The number of hydrogen-bond acceptors (Lipinski definition) is 2. The van der Waals surface area contributed by atoms with Crippen molar-refractivity contribution in [2.75, 3.05) is 13.6 Å². The molecule has 0 atom stereocenters. The lowest BCUT2D eigenvalue weighted by atomic mass is 9.79. The van der Waals surface area contributed by atoms with E-state index in [1.807, 2.05) is 18.9 Å². The van der Waals surface area contributed by atoms with Gasteiger partial charge >= 0.3 is 0 Å². The molecule has 3 heteroatoms. The van der Waals surface area contributed by atoms with Gasteiger partial charge in [0.2, 0.25) is 0 Å². The second-order valence-electron chi connectivity index (χ2n) is 5.50. The van der Waals surface area contributed by atoms with Gasteiger partial charge < -0.3 is 10.6 Å². The first-order valence-electron chi connectivity index (χ1n) is 5.11. The Hall–Kier alpha value is -0.570. The molecule has 14 heavy (non-hydrogen) atoms. The van der Waals surface area contributed by atoms with E-state index in [2.05, 4.69) is 27.7 Å². The topological polar surface area (TPSA) is 53.1 Å². The largest absolute Gasteiger partial charge is 0.359 e. The van der Waals surface area contributed by atoms with Gasteiger partial charge in [-0.25, -0.2) is 0 Å². The zero-order chi connectivity index (χ0) is 11.6. The lowest BCUT2D eigenvalue weighted by Crippen LogP contribution is -2.47. The van der Waals surface area contributed by atoms with Crippen LogP contribution in [-0.4, -0.2) is 29.9 Å². The normalized spacial score (nSPS) is 12.8. The Morgan fingerprint density at radius 2 is 1.71 bits per heavy atom. The van der Waals surface area contributed by atoms with Gasteiger partial charge in [-0.3, -0.25) is 5.41 Å². The first-order valence-corrected chi connectivity index (χ1v) is 5.11. The molecule has 0 aliphatic rings. The monoisotopic (exact) mass is 199 g/mol. The number of hydrogen-bond donors (Lipinski definition) is 2. The van der Waals surface area contributed by atoms with E-state index < -0.39 is 0 Å². The maximum absolute atomic E-state index is 7.62. The van der Waals surface area contributed by atoms with Crippen molar-refractivity contribution in [1.82, 2.24) is 4.90 Å². The lowest BCUT2D eigenvalue weighted by molar-refractivity contribution is 0.159. The van der Waals surface area contributed by atoms with Gasteiger partial charge in [0.25, 0.3) is 0 Å². The predicted octanol–water partition coefficient (Wildman–Crippen LogP) is 2.07. The molecule has 0 rings (SSSR count). The van der Waals surface area contributed by atoms with Crippen molar-refractivity contribution in [3.8, 4) is 0 Å². The minimum atomic E-state index is -0.00525. The van der Waals surface area contributed by atoms with Crippen molar-refractivity contribution in [2.45, 2.75) is 46.6 Å². The maximum atomic E-state index is 7.62. The Morgan fingerprint density at radius 1 is 1.29 bits per heavy atom. The van der Waals surface area contributed by atoms with Crippen LogP contribution in [0.3, 0.4) is 0 Å². The molecule has 0 aliphatic carbocycles. The van der Waals surface area contributed by atoms with Crippen LogP contribution in [-0.2, 0) is 0 Å². The summed E-state index contributed by atoms with van der Waals surface area (Å²) in [6.45, 7) is 11.1. The Labute approximate surface area is 88.2 Å². The molecule has 0 saturated heterocycles. The van der Waals surface area contributed by atoms with Crippen LogP contribution in [0.2, 0.25) is 0 Å². The average molecular weight is 199 g/mol.